The molecule has 2 aromatic rings. The van der Waals surface area contributed by atoms with E-state index in [1.165, 1.54) is 5.56 Å². The van der Waals surface area contributed by atoms with Crippen molar-refractivity contribution in [1.82, 2.24) is 10.2 Å². The lowest BCUT2D eigenvalue weighted by Crippen LogP contribution is -2.53. The number of nitrogens with one attached hydrogen (secondary N) is 1. The second-order valence-electron chi connectivity index (χ2n) is 8.71. The van der Waals surface area contributed by atoms with Gasteiger partial charge in [0.25, 0.3) is 0 Å². The van der Waals surface area contributed by atoms with Gasteiger partial charge in [0.05, 0.1) is 5.92 Å². The first kappa shape index (κ1) is 19.7. The van der Waals surface area contributed by atoms with Gasteiger partial charge >= 0.3 is 0 Å². The molecule has 0 aromatic heterocycles. The Bertz CT molecular complexity index is 885. The molecule has 152 valence electrons. The first-order valence-corrected chi connectivity index (χ1v) is 10.7. The monoisotopic (exact) mass is 390 g/mol. The molecule has 1 spiro atoms. The summed E-state index contributed by atoms with van der Waals surface area (Å²) in [5.74, 6) is 0.521. The molecule has 2 aliphatic heterocycles. The van der Waals surface area contributed by atoms with E-state index in [1.54, 1.807) is 0 Å². The number of amides is 2. The molecule has 0 radical (unpaired) electrons. The molecule has 4 nitrogen and oxygen atoms in total. The average Bonchev–Trinajstić information content (AvgIpc) is 2.74. The third kappa shape index (κ3) is 3.81. The minimum atomic E-state index is -0.134. The van der Waals surface area contributed by atoms with Crippen molar-refractivity contribution in [1.29, 1.82) is 0 Å². The summed E-state index contributed by atoms with van der Waals surface area (Å²) in [4.78, 5) is 27.5. The summed E-state index contributed by atoms with van der Waals surface area (Å²) in [6, 6.07) is 18.6. The van der Waals surface area contributed by atoms with E-state index in [2.05, 4.69) is 48.6 Å². The molecule has 1 N–H and O–H groups in total. The molecule has 2 aliphatic rings. The summed E-state index contributed by atoms with van der Waals surface area (Å²) in [5, 5.41) is 3.06. The Hall–Kier alpha value is -2.62. The van der Waals surface area contributed by atoms with Gasteiger partial charge in [0, 0.05) is 32.0 Å². The summed E-state index contributed by atoms with van der Waals surface area (Å²) in [6.07, 6.45) is 2.32. The van der Waals surface area contributed by atoms with Crippen LogP contribution in [0.3, 0.4) is 0 Å². The van der Waals surface area contributed by atoms with Crippen molar-refractivity contribution in [2.75, 3.05) is 19.6 Å². The van der Waals surface area contributed by atoms with Crippen LogP contribution in [0.4, 0.5) is 0 Å². The zero-order chi connectivity index (χ0) is 20.4. The molecule has 2 aromatic carbocycles. The van der Waals surface area contributed by atoms with Gasteiger partial charge in [-0.25, -0.2) is 0 Å². The fourth-order valence-corrected chi connectivity index (χ4v) is 5.27. The largest absolute Gasteiger partial charge is 0.355 e. The number of benzene rings is 2. The first-order chi connectivity index (χ1) is 14.0. The molecule has 4 rings (SSSR count). The third-order valence-electron chi connectivity index (χ3n) is 7.05. The summed E-state index contributed by atoms with van der Waals surface area (Å²) < 4.78 is 0. The molecule has 2 heterocycles. The van der Waals surface area contributed by atoms with Gasteiger partial charge in [0.2, 0.25) is 11.8 Å². The van der Waals surface area contributed by atoms with E-state index in [4.69, 9.17) is 0 Å². The second-order valence-corrected chi connectivity index (χ2v) is 8.71. The highest BCUT2D eigenvalue weighted by atomic mass is 16.2. The Morgan fingerprint density at radius 1 is 1.07 bits per heavy atom. The van der Waals surface area contributed by atoms with Crippen LogP contribution in [0.1, 0.15) is 54.7 Å². The van der Waals surface area contributed by atoms with Crippen molar-refractivity contribution in [3.8, 4) is 0 Å². The Morgan fingerprint density at radius 3 is 2.41 bits per heavy atom. The molecule has 0 saturated carbocycles. The number of hydrogen-bond donors (Lipinski definition) is 1. The van der Waals surface area contributed by atoms with Crippen molar-refractivity contribution < 1.29 is 9.59 Å². The Balaban J connectivity index is 1.50. The summed E-state index contributed by atoms with van der Waals surface area (Å²) in [7, 11) is 0. The number of piperidine rings is 2. The van der Waals surface area contributed by atoms with E-state index in [0.717, 1.165) is 37.1 Å². The van der Waals surface area contributed by atoms with Crippen LogP contribution < -0.4 is 5.32 Å². The van der Waals surface area contributed by atoms with Crippen LogP contribution >= 0.6 is 0 Å². The highest BCUT2D eigenvalue weighted by Gasteiger charge is 2.47. The zero-order valence-corrected chi connectivity index (χ0v) is 17.4. The number of carbonyl (C=O) groups is 2. The normalized spacial score (nSPS) is 22.2. The lowest BCUT2D eigenvalue weighted by Gasteiger charge is -2.49. The van der Waals surface area contributed by atoms with E-state index in [9.17, 15) is 9.59 Å². The Morgan fingerprint density at radius 2 is 1.72 bits per heavy atom. The molecular weight excluding hydrogens is 360 g/mol. The molecule has 29 heavy (non-hydrogen) atoms. The second kappa shape index (κ2) is 8.02. The van der Waals surface area contributed by atoms with E-state index in [-0.39, 0.29) is 23.1 Å². The number of likely N-dealkylation sites (tertiary alicyclic amines) is 1. The predicted octanol–water partition coefficient (Wildman–Crippen LogP) is 4.01. The fourth-order valence-electron chi connectivity index (χ4n) is 5.27. The van der Waals surface area contributed by atoms with Crippen LogP contribution in [0, 0.1) is 12.3 Å². The standard InChI is InChI=1S/C25H30N2O2/c1-18-8-6-7-11-21(18)19(2)24(29)27-14-12-25(13-15-27)16-23(28)26-17-22(25)20-9-4-3-5-10-20/h3-11,19,22H,12-17H2,1-2H3,(H,26,28)/t19-,22-/m0/s1. The van der Waals surface area contributed by atoms with Gasteiger partial charge in [-0.05, 0) is 48.8 Å². The van der Waals surface area contributed by atoms with Crippen LogP contribution in [-0.4, -0.2) is 36.3 Å². The van der Waals surface area contributed by atoms with Gasteiger partial charge < -0.3 is 10.2 Å². The quantitative estimate of drug-likeness (QED) is 0.861. The van der Waals surface area contributed by atoms with Gasteiger partial charge in [0.1, 0.15) is 0 Å². The van der Waals surface area contributed by atoms with E-state index >= 15 is 0 Å². The fraction of sp³-hybridized carbons (Fsp3) is 0.440. The van der Waals surface area contributed by atoms with E-state index < -0.39 is 0 Å². The maximum Gasteiger partial charge on any atom is 0.229 e. The van der Waals surface area contributed by atoms with Crippen LogP contribution in [0.15, 0.2) is 54.6 Å². The van der Waals surface area contributed by atoms with E-state index in [1.807, 2.05) is 30.0 Å². The molecule has 2 atom stereocenters. The van der Waals surface area contributed by atoms with Crippen molar-refractivity contribution in [2.24, 2.45) is 5.41 Å². The van der Waals surface area contributed by atoms with Crippen molar-refractivity contribution in [2.45, 2.75) is 44.9 Å². The highest BCUT2D eigenvalue weighted by molar-refractivity contribution is 5.84. The lowest BCUT2D eigenvalue weighted by atomic mass is 9.62. The summed E-state index contributed by atoms with van der Waals surface area (Å²) in [6.45, 7) is 6.22. The third-order valence-corrected chi connectivity index (χ3v) is 7.05. The number of aryl methyl sites for hydroxylation is 1. The molecular formula is C25H30N2O2. The first-order valence-electron chi connectivity index (χ1n) is 10.7. The summed E-state index contributed by atoms with van der Waals surface area (Å²) >= 11 is 0. The van der Waals surface area contributed by atoms with E-state index in [0.29, 0.717) is 18.9 Å². The Kier molecular flexibility index (Phi) is 5.44. The smallest absolute Gasteiger partial charge is 0.229 e. The topological polar surface area (TPSA) is 49.4 Å². The average molecular weight is 391 g/mol. The summed E-state index contributed by atoms with van der Waals surface area (Å²) in [5.41, 5.74) is 3.51. The van der Waals surface area contributed by atoms with Gasteiger partial charge in [-0.1, -0.05) is 54.6 Å². The molecule has 0 unspecified atom stereocenters. The molecule has 0 bridgehead atoms. The molecule has 4 heteroatoms. The number of carbonyl (C=O) groups excluding carboxylic acids is 2. The van der Waals surface area contributed by atoms with Gasteiger partial charge in [-0.3, -0.25) is 9.59 Å². The number of rotatable bonds is 3. The maximum atomic E-state index is 13.2. The molecule has 2 fully saturated rings. The lowest BCUT2D eigenvalue weighted by molar-refractivity contribution is -0.136. The minimum Gasteiger partial charge on any atom is -0.355 e. The van der Waals surface area contributed by atoms with Crippen LogP contribution in [0.5, 0.6) is 0 Å². The van der Waals surface area contributed by atoms with Crippen molar-refractivity contribution >= 4 is 11.8 Å². The highest BCUT2D eigenvalue weighted by Crippen LogP contribution is 2.49. The number of hydrogen-bond acceptors (Lipinski definition) is 2. The predicted molar refractivity (Wildman–Crippen MR) is 115 cm³/mol. The van der Waals surface area contributed by atoms with Crippen molar-refractivity contribution in [3.05, 3.63) is 71.3 Å². The Labute approximate surface area is 173 Å². The molecule has 0 aliphatic carbocycles. The molecule has 2 amide bonds. The van der Waals surface area contributed by atoms with Gasteiger partial charge in [-0.2, -0.15) is 0 Å². The van der Waals surface area contributed by atoms with Crippen LogP contribution in [0.25, 0.3) is 0 Å². The van der Waals surface area contributed by atoms with Crippen LogP contribution in [0.2, 0.25) is 0 Å². The van der Waals surface area contributed by atoms with Gasteiger partial charge in [-0.15, -0.1) is 0 Å². The van der Waals surface area contributed by atoms with Gasteiger partial charge in [0.15, 0.2) is 0 Å². The maximum absolute atomic E-state index is 13.2. The molecule has 2 saturated heterocycles. The number of nitrogens with zero attached hydrogens (tertiary/aromatic N) is 1. The SMILES string of the molecule is Cc1ccccc1[C@H](C)C(=O)N1CCC2(CC1)CC(=O)NC[C@H]2c1ccccc1. The van der Waals surface area contributed by atoms with Crippen molar-refractivity contribution in [3.63, 3.8) is 0 Å². The zero-order valence-electron chi connectivity index (χ0n) is 17.4. The minimum absolute atomic E-state index is 0.0492. The van der Waals surface area contributed by atoms with Crippen LogP contribution in [-0.2, 0) is 9.59 Å².